The van der Waals surface area contributed by atoms with E-state index in [0.717, 1.165) is 0 Å². The summed E-state index contributed by atoms with van der Waals surface area (Å²) in [5, 5.41) is 9.78. The van der Waals surface area contributed by atoms with E-state index in [4.69, 9.17) is 0 Å². The predicted octanol–water partition coefficient (Wildman–Crippen LogP) is -0.649. The summed E-state index contributed by atoms with van der Waals surface area (Å²) in [4.78, 5) is 20.3. The molecule has 52 valence electrons. The maximum Gasteiger partial charge on any atom is 0.141 e. The third-order valence-corrected chi connectivity index (χ3v) is 0.963. The molecule has 0 spiro atoms. The maximum atomic E-state index is 10.5. The molecule has 0 N–H and O–H groups in total. The molecule has 0 aromatic carbocycles. The van der Waals surface area contributed by atoms with Crippen molar-refractivity contribution in [1.82, 2.24) is 0 Å². The molecule has 0 bridgehead atoms. The predicted molar refractivity (Wildman–Crippen MR) is 29.5 cm³/mol. The molecule has 0 fully saturated rings. The Bertz CT molecular complexity index is 126. The molecule has 3 nitrogen and oxygen atoms in total. The second kappa shape index (κ2) is 3.22. The smallest absolute Gasteiger partial charge is 0.141 e. The van der Waals surface area contributed by atoms with E-state index in [1.165, 1.54) is 0 Å². The zero-order valence-corrected chi connectivity index (χ0v) is 5.51. The van der Waals surface area contributed by atoms with Gasteiger partial charge in [-0.1, -0.05) is 13.8 Å². The standard InChI is InChI=1S/C6H10O3/c1-4(2)5(7)3-6(8)9/h4H,3H2,1-2H3,(H,8,9)/p-1. The number of rotatable bonds is 3. The van der Waals surface area contributed by atoms with E-state index in [1.54, 1.807) is 13.8 Å². The lowest BCUT2D eigenvalue weighted by Gasteiger charge is -2.02. The van der Waals surface area contributed by atoms with E-state index in [9.17, 15) is 14.7 Å². The van der Waals surface area contributed by atoms with Crippen molar-refractivity contribution in [2.45, 2.75) is 20.3 Å². The number of carbonyl (C=O) groups is 2. The summed E-state index contributed by atoms with van der Waals surface area (Å²) >= 11 is 0. The lowest BCUT2D eigenvalue weighted by Crippen LogP contribution is -2.26. The molecule has 0 heterocycles. The summed E-state index contributed by atoms with van der Waals surface area (Å²) in [5.74, 6) is -1.79. The molecule has 0 atom stereocenters. The van der Waals surface area contributed by atoms with Gasteiger partial charge in [-0.15, -0.1) is 0 Å². The molecule has 0 saturated heterocycles. The number of carboxylic acid groups (broad SMARTS) is 1. The van der Waals surface area contributed by atoms with Crippen LogP contribution in [-0.2, 0) is 9.59 Å². The molecule has 0 aliphatic carbocycles. The Morgan fingerprint density at radius 2 is 1.89 bits per heavy atom. The molecule has 0 aliphatic rings. The second-order valence-corrected chi connectivity index (χ2v) is 2.17. The zero-order chi connectivity index (χ0) is 7.44. The van der Waals surface area contributed by atoms with Gasteiger partial charge in [0.2, 0.25) is 0 Å². The van der Waals surface area contributed by atoms with Crippen molar-refractivity contribution in [2.24, 2.45) is 5.92 Å². The first-order valence-electron chi connectivity index (χ1n) is 2.76. The van der Waals surface area contributed by atoms with Crippen LogP contribution < -0.4 is 5.11 Å². The lowest BCUT2D eigenvalue weighted by atomic mass is 10.1. The Hall–Kier alpha value is -0.860. The highest BCUT2D eigenvalue weighted by Gasteiger charge is 2.05. The Balaban J connectivity index is 3.64. The van der Waals surface area contributed by atoms with Crippen molar-refractivity contribution >= 4 is 11.8 Å². The average molecular weight is 129 g/mol. The van der Waals surface area contributed by atoms with Gasteiger partial charge in [0.15, 0.2) is 0 Å². The molecule has 0 aromatic rings. The first kappa shape index (κ1) is 8.14. The molecular formula is C6H9O3-. The Morgan fingerprint density at radius 3 is 2.00 bits per heavy atom. The van der Waals surface area contributed by atoms with Gasteiger partial charge in [-0.3, -0.25) is 4.79 Å². The topological polar surface area (TPSA) is 57.2 Å². The Morgan fingerprint density at radius 1 is 1.44 bits per heavy atom. The fourth-order valence-corrected chi connectivity index (χ4v) is 0.346. The fourth-order valence-electron chi connectivity index (χ4n) is 0.346. The van der Waals surface area contributed by atoms with Crippen LogP contribution in [-0.4, -0.2) is 11.8 Å². The molecule has 3 heteroatoms. The number of hydrogen-bond acceptors (Lipinski definition) is 3. The summed E-state index contributed by atoms with van der Waals surface area (Å²) < 4.78 is 0. The first-order chi connectivity index (χ1) is 4.04. The Labute approximate surface area is 53.7 Å². The molecule has 9 heavy (non-hydrogen) atoms. The van der Waals surface area contributed by atoms with Crippen LogP contribution in [0.1, 0.15) is 20.3 Å². The van der Waals surface area contributed by atoms with Gasteiger partial charge < -0.3 is 9.90 Å². The van der Waals surface area contributed by atoms with Crippen LogP contribution in [0.4, 0.5) is 0 Å². The minimum atomic E-state index is -1.30. The van der Waals surface area contributed by atoms with Crippen LogP contribution in [0.3, 0.4) is 0 Å². The van der Waals surface area contributed by atoms with Crippen LogP contribution >= 0.6 is 0 Å². The van der Waals surface area contributed by atoms with E-state index in [1.807, 2.05) is 0 Å². The number of carbonyl (C=O) groups excluding carboxylic acids is 2. The van der Waals surface area contributed by atoms with Crippen molar-refractivity contribution in [2.75, 3.05) is 0 Å². The minimum absolute atomic E-state index is 0.206. The van der Waals surface area contributed by atoms with Gasteiger partial charge in [0.05, 0.1) is 0 Å². The molecule has 0 aliphatic heterocycles. The molecule has 0 unspecified atom stereocenters. The first-order valence-corrected chi connectivity index (χ1v) is 2.76. The van der Waals surface area contributed by atoms with Crippen molar-refractivity contribution in [1.29, 1.82) is 0 Å². The van der Waals surface area contributed by atoms with Gasteiger partial charge in [-0.2, -0.15) is 0 Å². The number of aliphatic carboxylic acids is 1. The van der Waals surface area contributed by atoms with Crippen LogP contribution in [0.5, 0.6) is 0 Å². The number of Topliss-reactive ketones (excluding diaryl/α,β-unsaturated/α-hetero) is 1. The summed E-state index contributed by atoms with van der Waals surface area (Å²) in [7, 11) is 0. The number of ketones is 1. The summed E-state index contributed by atoms with van der Waals surface area (Å²) in [6, 6.07) is 0. The highest BCUT2D eigenvalue weighted by molar-refractivity contribution is 5.94. The minimum Gasteiger partial charge on any atom is -0.550 e. The van der Waals surface area contributed by atoms with E-state index >= 15 is 0 Å². The fraction of sp³-hybridized carbons (Fsp3) is 0.667. The highest BCUT2D eigenvalue weighted by Crippen LogP contribution is 1.96. The molecule has 0 amide bonds. The summed E-state index contributed by atoms with van der Waals surface area (Å²) in [6.45, 7) is 3.32. The number of carboxylic acids is 1. The van der Waals surface area contributed by atoms with Crippen LogP contribution in [0.15, 0.2) is 0 Å². The highest BCUT2D eigenvalue weighted by atomic mass is 16.4. The lowest BCUT2D eigenvalue weighted by molar-refractivity contribution is -0.304. The van der Waals surface area contributed by atoms with Crippen LogP contribution in [0.2, 0.25) is 0 Å². The van der Waals surface area contributed by atoms with Gasteiger partial charge in [-0.25, -0.2) is 0 Å². The van der Waals surface area contributed by atoms with Gasteiger partial charge in [-0.05, 0) is 0 Å². The van der Waals surface area contributed by atoms with E-state index < -0.39 is 12.4 Å². The van der Waals surface area contributed by atoms with E-state index in [-0.39, 0.29) is 11.7 Å². The normalized spacial score (nSPS) is 9.67. The summed E-state index contributed by atoms with van der Waals surface area (Å²) in [6.07, 6.45) is -0.461. The molecule has 0 rings (SSSR count). The van der Waals surface area contributed by atoms with Crippen LogP contribution in [0, 0.1) is 5.92 Å². The Kier molecular flexibility index (Phi) is 2.91. The van der Waals surface area contributed by atoms with Crippen molar-refractivity contribution < 1.29 is 14.7 Å². The van der Waals surface area contributed by atoms with Gasteiger partial charge in [0.1, 0.15) is 5.78 Å². The monoisotopic (exact) mass is 129 g/mol. The molecule has 0 radical (unpaired) electrons. The maximum absolute atomic E-state index is 10.5. The van der Waals surface area contributed by atoms with Gasteiger partial charge in [0.25, 0.3) is 0 Å². The molecule has 0 saturated carbocycles. The average Bonchev–Trinajstić information content (AvgIpc) is 1.63. The van der Waals surface area contributed by atoms with Gasteiger partial charge in [0, 0.05) is 18.3 Å². The largest absolute Gasteiger partial charge is 0.550 e. The molecular weight excluding hydrogens is 120 g/mol. The molecule has 0 aromatic heterocycles. The van der Waals surface area contributed by atoms with Gasteiger partial charge >= 0.3 is 0 Å². The van der Waals surface area contributed by atoms with Crippen molar-refractivity contribution in [3.63, 3.8) is 0 Å². The van der Waals surface area contributed by atoms with E-state index in [0.29, 0.717) is 0 Å². The third-order valence-electron chi connectivity index (χ3n) is 0.963. The SMILES string of the molecule is CC(C)C(=O)CC(=O)[O-]. The van der Waals surface area contributed by atoms with Crippen molar-refractivity contribution in [3.8, 4) is 0 Å². The number of hydrogen-bond donors (Lipinski definition) is 0. The van der Waals surface area contributed by atoms with Crippen LogP contribution in [0.25, 0.3) is 0 Å². The van der Waals surface area contributed by atoms with E-state index in [2.05, 4.69) is 0 Å². The second-order valence-electron chi connectivity index (χ2n) is 2.17. The summed E-state index contributed by atoms with van der Waals surface area (Å²) in [5.41, 5.74) is 0. The quantitative estimate of drug-likeness (QED) is 0.476. The third kappa shape index (κ3) is 3.70. The zero-order valence-electron chi connectivity index (χ0n) is 5.51. The van der Waals surface area contributed by atoms with Crippen molar-refractivity contribution in [3.05, 3.63) is 0 Å².